The van der Waals surface area contributed by atoms with E-state index in [1.165, 1.54) is 5.56 Å². The van der Waals surface area contributed by atoms with Crippen LogP contribution in [0.1, 0.15) is 22.6 Å². The highest BCUT2D eigenvalue weighted by molar-refractivity contribution is 5.87. The van der Waals surface area contributed by atoms with E-state index in [9.17, 15) is 0 Å². The van der Waals surface area contributed by atoms with Crippen molar-refractivity contribution in [1.29, 1.82) is 0 Å². The highest BCUT2D eigenvalue weighted by Crippen LogP contribution is 2.28. The molecule has 0 aliphatic carbocycles. The largest absolute Gasteiger partial charge is 0.496 e. The highest BCUT2D eigenvalue weighted by atomic mass is 16.5. The standard InChI is InChI=1S/C24H31N9O2/c1-15-8-18(30-35-15)10-27-23-22-20(28-24(25)29-23)6-7-33(22)12-17-5-4-16(9-21(17)34-3)11-32-13-19(14-32)31(2)26/h4-9,19H,10-14,26H2,1-3H3,(H3,25,27,28,29). The van der Waals surface area contributed by atoms with Gasteiger partial charge in [-0.1, -0.05) is 17.3 Å². The minimum absolute atomic E-state index is 0.213. The molecule has 1 aromatic carbocycles. The van der Waals surface area contributed by atoms with Crippen LogP contribution in [0, 0.1) is 6.92 Å². The maximum absolute atomic E-state index is 5.96. The fourth-order valence-corrected chi connectivity index (χ4v) is 4.44. The summed E-state index contributed by atoms with van der Waals surface area (Å²) in [5.41, 5.74) is 10.7. The monoisotopic (exact) mass is 477 g/mol. The maximum atomic E-state index is 5.96. The number of anilines is 2. The molecule has 4 aromatic rings. The van der Waals surface area contributed by atoms with E-state index < -0.39 is 0 Å². The van der Waals surface area contributed by atoms with E-state index in [1.807, 2.05) is 32.3 Å². The van der Waals surface area contributed by atoms with Crippen LogP contribution < -0.4 is 21.6 Å². The minimum atomic E-state index is 0.213. The molecular formula is C24H31N9O2. The molecule has 4 heterocycles. The van der Waals surface area contributed by atoms with Crippen LogP contribution >= 0.6 is 0 Å². The van der Waals surface area contributed by atoms with Gasteiger partial charge in [-0.3, -0.25) is 10.7 Å². The third-order valence-corrected chi connectivity index (χ3v) is 6.35. The van der Waals surface area contributed by atoms with E-state index in [1.54, 1.807) is 12.1 Å². The number of likely N-dealkylation sites (N-methyl/N-ethyl adjacent to an activating group) is 1. The third-order valence-electron chi connectivity index (χ3n) is 6.35. The molecule has 0 bridgehead atoms. The Labute approximate surface area is 203 Å². The van der Waals surface area contributed by atoms with E-state index >= 15 is 0 Å². The number of fused-ring (bicyclic) bond motifs is 1. The van der Waals surface area contributed by atoms with Gasteiger partial charge in [0, 0.05) is 50.6 Å². The molecule has 11 nitrogen and oxygen atoms in total. The number of hydrogen-bond acceptors (Lipinski definition) is 10. The Kier molecular flexibility index (Phi) is 6.29. The number of nitrogen functional groups attached to an aromatic ring is 1. The number of aromatic nitrogens is 4. The number of ether oxygens (including phenoxy) is 1. The molecule has 0 amide bonds. The Bertz CT molecular complexity index is 1320. The van der Waals surface area contributed by atoms with Crippen LogP contribution in [0.2, 0.25) is 0 Å². The van der Waals surface area contributed by atoms with Gasteiger partial charge in [0.25, 0.3) is 0 Å². The molecule has 35 heavy (non-hydrogen) atoms. The lowest BCUT2D eigenvalue weighted by molar-refractivity contribution is 0.0434. The number of hydrazine groups is 1. The average Bonchev–Trinajstić information content (AvgIpc) is 3.40. The lowest BCUT2D eigenvalue weighted by atomic mass is 10.1. The normalized spacial score (nSPS) is 14.5. The molecule has 1 aliphatic heterocycles. The number of nitrogens with zero attached hydrogens (tertiary/aromatic N) is 6. The summed E-state index contributed by atoms with van der Waals surface area (Å²) in [5, 5.41) is 9.15. The van der Waals surface area contributed by atoms with Gasteiger partial charge in [-0.25, -0.2) is 9.99 Å². The zero-order valence-electron chi connectivity index (χ0n) is 20.2. The molecule has 0 unspecified atom stereocenters. The summed E-state index contributed by atoms with van der Waals surface area (Å²) in [6.07, 6.45) is 1.99. The summed E-state index contributed by atoms with van der Waals surface area (Å²) in [6.45, 7) is 5.74. The van der Waals surface area contributed by atoms with E-state index in [2.05, 4.69) is 48.1 Å². The van der Waals surface area contributed by atoms with Gasteiger partial charge in [0.2, 0.25) is 5.95 Å². The molecule has 0 saturated carbocycles. The second kappa shape index (κ2) is 9.53. The first kappa shape index (κ1) is 23.1. The van der Waals surface area contributed by atoms with E-state index in [0.717, 1.165) is 53.4 Å². The SMILES string of the molecule is COc1cc(CN2CC(N(C)N)C2)ccc1Cn1ccc2nc(N)nc(NCc3cc(C)on3)c21. The van der Waals surface area contributed by atoms with Crippen molar-refractivity contribution in [1.82, 2.24) is 29.6 Å². The first-order chi connectivity index (χ1) is 16.9. The van der Waals surface area contributed by atoms with Crippen LogP contribution in [0.4, 0.5) is 11.8 Å². The quantitative estimate of drug-likeness (QED) is 0.242. The van der Waals surface area contributed by atoms with Crippen molar-refractivity contribution in [2.45, 2.75) is 32.6 Å². The van der Waals surface area contributed by atoms with E-state index in [0.29, 0.717) is 24.9 Å². The van der Waals surface area contributed by atoms with Gasteiger partial charge in [0.05, 0.1) is 25.7 Å². The van der Waals surface area contributed by atoms with Crippen molar-refractivity contribution in [3.8, 4) is 5.75 Å². The second-order valence-corrected chi connectivity index (χ2v) is 9.05. The summed E-state index contributed by atoms with van der Waals surface area (Å²) >= 11 is 0. The molecule has 1 aliphatic rings. The number of nitrogens with one attached hydrogen (secondary N) is 1. The van der Waals surface area contributed by atoms with Gasteiger partial charge in [-0.2, -0.15) is 4.98 Å². The van der Waals surface area contributed by atoms with Crippen LogP contribution in [0.3, 0.4) is 0 Å². The molecule has 3 aromatic heterocycles. The first-order valence-corrected chi connectivity index (χ1v) is 11.5. The van der Waals surface area contributed by atoms with E-state index in [-0.39, 0.29) is 5.95 Å². The first-order valence-electron chi connectivity index (χ1n) is 11.5. The Morgan fingerprint density at radius 3 is 2.74 bits per heavy atom. The molecule has 1 fully saturated rings. The predicted octanol–water partition coefficient (Wildman–Crippen LogP) is 1.97. The lowest BCUT2D eigenvalue weighted by Crippen LogP contribution is -2.59. The average molecular weight is 478 g/mol. The smallest absolute Gasteiger partial charge is 0.222 e. The predicted molar refractivity (Wildman–Crippen MR) is 134 cm³/mol. The molecule has 5 N–H and O–H groups in total. The van der Waals surface area contributed by atoms with Crippen LogP contribution in [-0.4, -0.2) is 62.9 Å². The number of benzene rings is 1. The summed E-state index contributed by atoms with van der Waals surface area (Å²) < 4.78 is 13.0. The maximum Gasteiger partial charge on any atom is 0.222 e. The zero-order chi connectivity index (χ0) is 24.5. The Balaban J connectivity index is 1.36. The number of aryl methyl sites for hydroxylation is 1. The Morgan fingerprint density at radius 2 is 2.03 bits per heavy atom. The van der Waals surface area contributed by atoms with Crippen molar-refractivity contribution in [2.75, 3.05) is 38.3 Å². The molecule has 0 radical (unpaired) electrons. The number of nitrogens with two attached hydrogens (primary N) is 2. The van der Waals surface area contributed by atoms with Crippen molar-refractivity contribution in [3.05, 3.63) is 59.1 Å². The number of hydrogen-bond donors (Lipinski definition) is 3. The molecule has 184 valence electrons. The number of methoxy groups -OCH3 is 1. The van der Waals surface area contributed by atoms with Gasteiger partial charge in [0.15, 0.2) is 5.82 Å². The molecule has 0 atom stereocenters. The topological polar surface area (TPSA) is 137 Å². The van der Waals surface area contributed by atoms with Crippen molar-refractivity contribution in [3.63, 3.8) is 0 Å². The molecule has 0 spiro atoms. The second-order valence-electron chi connectivity index (χ2n) is 9.05. The summed E-state index contributed by atoms with van der Waals surface area (Å²) in [7, 11) is 3.62. The third kappa shape index (κ3) is 4.92. The van der Waals surface area contributed by atoms with Crippen LogP contribution in [0.5, 0.6) is 5.75 Å². The summed E-state index contributed by atoms with van der Waals surface area (Å²) in [5.74, 6) is 8.31. The van der Waals surface area contributed by atoms with Gasteiger partial charge in [0.1, 0.15) is 22.7 Å². The Hall–Kier alpha value is -3.67. The zero-order valence-corrected chi connectivity index (χ0v) is 20.2. The molecule has 11 heteroatoms. The number of rotatable bonds is 9. The van der Waals surface area contributed by atoms with Gasteiger partial charge >= 0.3 is 0 Å². The van der Waals surface area contributed by atoms with Crippen molar-refractivity contribution < 1.29 is 9.26 Å². The van der Waals surface area contributed by atoms with Crippen LogP contribution in [0.15, 0.2) is 41.1 Å². The summed E-state index contributed by atoms with van der Waals surface area (Å²) in [6, 6.07) is 10.6. The van der Waals surface area contributed by atoms with Gasteiger partial charge in [-0.05, 0) is 24.6 Å². The van der Waals surface area contributed by atoms with Crippen molar-refractivity contribution in [2.24, 2.45) is 5.84 Å². The van der Waals surface area contributed by atoms with E-state index in [4.69, 9.17) is 20.8 Å². The van der Waals surface area contributed by atoms with Gasteiger partial charge < -0.3 is 24.9 Å². The number of likely N-dealkylation sites (tertiary alicyclic amines) is 1. The Morgan fingerprint density at radius 1 is 1.20 bits per heavy atom. The van der Waals surface area contributed by atoms with Crippen molar-refractivity contribution >= 4 is 22.8 Å². The fraction of sp³-hybridized carbons (Fsp3) is 0.375. The van der Waals surface area contributed by atoms with Crippen LogP contribution in [0.25, 0.3) is 11.0 Å². The summed E-state index contributed by atoms with van der Waals surface area (Å²) in [4.78, 5) is 11.2. The molecule has 5 rings (SSSR count). The molecule has 1 saturated heterocycles. The van der Waals surface area contributed by atoms with Gasteiger partial charge in [-0.15, -0.1) is 0 Å². The molecular weight excluding hydrogens is 446 g/mol. The fourth-order valence-electron chi connectivity index (χ4n) is 4.44. The lowest BCUT2D eigenvalue weighted by Gasteiger charge is -2.42. The highest BCUT2D eigenvalue weighted by Gasteiger charge is 2.28. The van der Waals surface area contributed by atoms with Crippen LogP contribution in [-0.2, 0) is 19.6 Å². The minimum Gasteiger partial charge on any atom is -0.496 e.